The van der Waals surface area contributed by atoms with E-state index in [9.17, 15) is 4.79 Å². The Bertz CT molecular complexity index is 1240. The number of anilines is 1. The minimum Gasteiger partial charge on any atom is -0.378 e. The molecule has 0 saturated carbocycles. The molecule has 0 atom stereocenters. The molecule has 3 aromatic carbocycles. The maximum absolute atomic E-state index is 13.2. The van der Waals surface area contributed by atoms with Crippen LogP contribution in [0.1, 0.15) is 11.4 Å². The number of hydrogen-bond donors (Lipinski definition) is 0. The fraction of sp³-hybridized carbons (Fsp3) is 0.0833. The first-order chi connectivity index (χ1) is 14.0. The van der Waals surface area contributed by atoms with Gasteiger partial charge in [0.2, 0.25) is 0 Å². The number of halogens is 1. The highest BCUT2D eigenvalue weighted by molar-refractivity contribution is 9.10. The molecular formula is C24H20BrN3O. The summed E-state index contributed by atoms with van der Waals surface area (Å²) < 4.78 is 2.61. The predicted molar refractivity (Wildman–Crippen MR) is 125 cm³/mol. The summed E-state index contributed by atoms with van der Waals surface area (Å²) in [7, 11) is 4.03. The molecule has 1 aromatic heterocycles. The summed E-state index contributed by atoms with van der Waals surface area (Å²) in [5, 5.41) is 0.600. The van der Waals surface area contributed by atoms with Crippen molar-refractivity contribution >= 4 is 44.7 Å². The van der Waals surface area contributed by atoms with Gasteiger partial charge < -0.3 is 4.90 Å². The average Bonchev–Trinajstić information content (AvgIpc) is 2.73. The van der Waals surface area contributed by atoms with Crippen LogP contribution in [0.3, 0.4) is 0 Å². The summed E-state index contributed by atoms with van der Waals surface area (Å²) in [4.78, 5) is 20.0. The largest absolute Gasteiger partial charge is 0.378 e. The zero-order valence-electron chi connectivity index (χ0n) is 16.2. The van der Waals surface area contributed by atoms with Crippen molar-refractivity contribution in [1.29, 1.82) is 0 Å². The molecule has 4 aromatic rings. The molecule has 0 bridgehead atoms. The summed E-state index contributed by atoms with van der Waals surface area (Å²) in [6.45, 7) is 0. The minimum absolute atomic E-state index is 0.0828. The molecule has 29 heavy (non-hydrogen) atoms. The van der Waals surface area contributed by atoms with Gasteiger partial charge in [-0.05, 0) is 60.2 Å². The van der Waals surface area contributed by atoms with Gasteiger partial charge in [0, 0.05) is 24.3 Å². The first-order valence-corrected chi connectivity index (χ1v) is 10.1. The van der Waals surface area contributed by atoms with Crippen LogP contribution in [0.15, 0.2) is 82.1 Å². The van der Waals surface area contributed by atoms with Crippen molar-refractivity contribution in [1.82, 2.24) is 9.55 Å². The van der Waals surface area contributed by atoms with Gasteiger partial charge >= 0.3 is 0 Å². The lowest BCUT2D eigenvalue weighted by Gasteiger charge is -2.12. The van der Waals surface area contributed by atoms with E-state index in [-0.39, 0.29) is 5.56 Å². The predicted octanol–water partition coefficient (Wildman–Crippen LogP) is 5.38. The van der Waals surface area contributed by atoms with Gasteiger partial charge in [0.25, 0.3) is 5.56 Å². The van der Waals surface area contributed by atoms with Crippen LogP contribution in [0, 0.1) is 0 Å². The van der Waals surface area contributed by atoms with E-state index in [0.717, 1.165) is 21.4 Å². The molecule has 5 heteroatoms. The van der Waals surface area contributed by atoms with Gasteiger partial charge in [-0.25, -0.2) is 4.98 Å². The standard InChI is InChI=1S/C24H20BrN3O/c1-27(2)19-12-7-17(8-13-19)9-16-23-26-22-6-4-3-5-21(22)24(29)28(23)20-14-10-18(25)11-15-20/h3-16H,1-2H3. The van der Waals surface area contributed by atoms with Crippen LogP contribution in [0.25, 0.3) is 28.7 Å². The SMILES string of the molecule is CN(C)c1ccc(C=Cc2nc3ccccc3c(=O)n2-c2ccc(Br)cc2)cc1. The van der Waals surface area contributed by atoms with E-state index in [1.807, 2.05) is 74.8 Å². The Morgan fingerprint density at radius 3 is 2.28 bits per heavy atom. The van der Waals surface area contributed by atoms with Crippen LogP contribution in [0.4, 0.5) is 5.69 Å². The first-order valence-electron chi connectivity index (χ1n) is 9.26. The Hall–Kier alpha value is -3.18. The van der Waals surface area contributed by atoms with Crippen molar-refractivity contribution in [3.8, 4) is 5.69 Å². The first kappa shape index (κ1) is 19.2. The summed E-state index contributed by atoms with van der Waals surface area (Å²) in [5.41, 5.74) is 3.56. The molecule has 0 fully saturated rings. The Morgan fingerprint density at radius 1 is 0.897 bits per heavy atom. The van der Waals surface area contributed by atoms with E-state index in [2.05, 4.69) is 45.1 Å². The van der Waals surface area contributed by atoms with E-state index >= 15 is 0 Å². The number of aromatic nitrogens is 2. The molecule has 0 radical (unpaired) electrons. The van der Waals surface area contributed by atoms with Gasteiger partial charge in [-0.2, -0.15) is 0 Å². The van der Waals surface area contributed by atoms with Crippen LogP contribution in [0.5, 0.6) is 0 Å². The number of rotatable bonds is 4. The molecule has 0 spiro atoms. The third-order valence-corrected chi connectivity index (χ3v) is 5.25. The maximum Gasteiger partial charge on any atom is 0.266 e. The molecule has 4 rings (SSSR count). The summed E-state index contributed by atoms with van der Waals surface area (Å²) in [5.74, 6) is 0.590. The number of hydrogen-bond acceptors (Lipinski definition) is 3. The lowest BCUT2D eigenvalue weighted by atomic mass is 10.1. The van der Waals surface area contributed by atoms with E-state index in [1.54, 1.807) is 4.57 Å². The molecule has 1 heterocycles. The van der Waals surface area contributed by atoms with Crippen molar-refractivity contribution in [2.75, 3.05) is 19.0 Å². The van der Waals surface area contributed by atoms with Crippen LogP contribution in [-0.2, 0) is 0 Å². The third-order valence-electron chi connectivity index (χ3n) is 4.72. The molecule has 0 saturated heterocycles. The van der Waals surface area contributed by atoms with Gasteiger partial charge in [-0.15, -0.1) is 0 Å². The molecular weight excluding hydrogens is 426 g/mol. The van der Waals surface area contributed by atoms with E-state index in [1.165, 1.54) is 0 Å². The molecule has 0 unspecified atom stereocenters. The monoisotopic (exact) mass is 445 g/mol. The summed E-state index contributed by atoms with van der Waals surface area (Å²) in [6, 6.07) is 23.3. The van der Waals surface area contributed by atoms with Gasteiger partial charge in [0.1, 0.15) is 5.82 Å². The van der Waals surface area contributed by atoms with E-state index in [0.29, 0.717) is 16.7 Å². The second-order valence-electron chi connectivity index (χ2n) is 6.92. The zero-order chi connectivity index (χ0) is 20.4. The molecule has 0 aliphatic rings. The highest BCUT2D eigenvalue weighted by Gasteiger charge is 2.11. The van der Waals surface area contributed by atoms with Gasteiger partial charge in [-0.1, -0.05) is 46.3 Å². The fourth-order valence-electron chi connectivity index (χ4n) is 3.16. The highest BCUT2D eigenvalue weighted by Crippen LogP contribution is 2.19. The summed E-state index contributed by atoms with van der Waals surface area (Å²) >= 11 is 3.45. The van der Waals surface area contributed by atoms with Crippen LogP contribution in [-0.4, -0.2) is 23.6 Å². The topological polar surface area (TPSA) is 38.1 Å². The molecule has 0 N–H and O–H groups in total. The highest BCUT2D eigenvalue weighted by atomic mass is 79.9. The van der Waals surface area contributed by atoms with Gasteiger partial charge in [0.05, 0.1) is 16.6 Å². The Morgan fingerprint density at radius 2 is 1.59 bits per heavy atom. The van der Waals surface area contributed by atoms with Crippen molar-refractivity contribution in [2.45, 2.75) is 0 Å². The third kappa shape index (κ3) is 4.00. The Kier molecular flexibility index (Phi) is 5.32. The number of fused-ring (bicyclic) bond motifs is 1. The fourth-order valence-corrected chi connectivity index (χ4v) is 3.42. The van der Waals surface area contributed by atoms with Gasteiger partial charge in [0.15, 0.2) is 0 Å². The van der Waals surface area contributed by atoms with Gasteiger partial charge in [-0.3, -0.25) is 9.36 Å². The zero-order valence-corrected chi connectivity index (χ0v) is 17.8. The normalized spacial score (nSPS) is 11.3. The number of nitrogens with zero attached hydrogens (tertiary/aromatic N) is 3. The molecule has 144 valence electrons. The maximum atomic E-state index is 13.2. The van der Waals surface area contributed by atoms with Crippen molar-refractivity contribution in [3.63, 3.8) is 0 Å². The molecule has 4 nitrogen and oxygen atoms in total. The van der Waals surface area contributed by atoms with E-state index < -0.39 is 0 Å². The second-order valence-corrected chi connectivity index (χ2v) is 7.84. The lowest BCUT2D eigenvalue weighted by Crippen LogP contribution is -2.22. The van der Waals surface area contributed by atoms with Crippen molar-refractivity contribution in [2.24, 2.45) is 0 Å². The molecule has 0 amide bonds. The minimum atomic E-state index is -0.0828. The smallest absolute Gasteiger partial charge is 0.266 e. The number of benzene rings is 3. The summed E-state index contributed by atoms with van der Waals surface area (Å²) in [6.07, 6.45) is 3.87. The van der Waals surface area contributed by atoms with E-state index in [4.69, 9.17) is 4.98 Å². The molecule has 0 aliphatic carbocycles. The van der Waals surface area contributed by atoms with Crippen molar-refractivity contribution in [3.05, 3.63) is 99.0 Å². The quantitative estimate of drug-likeness (QED) is 0.422. The number of para-hydroxylation sites is 1. The lowest BCUT2D eigenvalue weighted by molar-refractivity contribution is 0.943. The Labute approximate surface area is 177 Å². The van der Waals surface area contributed by atoms with Crippen LogP contribution in [0.2, 0.25) is 0 Å². The molecule has 0 aliphatic heterocycles. The second kappa shape index (κ2) is 8.05. The van der Waals surface area contributed by atoms with Crippen LogP contribution < -0.4 is 10.5 Å². The average molecular weight is 446 g/mol. The van der Waals surface area contributed by atoms with Crippen molar-refractivity contribution < 1.29 is 0 Å². The Balaban J connectivity index is 1.85. The van der Waals surface area contributed by atoms with Crippen LogP contribution >= 0.6 is 15.9 Å².